The molecule has 2 fully saturated rings. The molecule has 2 aromatic rings. The van der Waals surface area contributed by atoms with Gasteiger partial charge in [0.2, 0.25) is 12.0 Å². The Labute approximate surface area is 144 Å². The third-order valence-corrected chi connectivity index (χ3v) is 5.00. The van der Waals surface area contributed by atoms with Crippen LogP contribution in [0.5, 0.6) is 11.5 Å². The molecule has 0 bridgehead atoms. The average Bonchev–Trinajstić information content (AvgIpc) is 3.19. The second-order valence-electron chi connectivity index (χ2n) is 6.82. The second kappa shape index (κ2) is 5.75. The SMILES string of the molecule is O=C([C@H]1COc2ccccc2O1)N1CCC[C@H]1c1noc(C2CC2)n1. The van der Waals surface area contributed by atoms with Gasteiger partial charge < -0.3 is 18.9 Å². The van der Waals surface area contributed by atoms with Crippen LogP contribution in [0.4, 0.5) is 0 Å². The maximum Gasteiger partial charge on any atom is 0.267 e. The first-order valence-electron chi connectivity index (χ1n) is 8.82. The van der Waals surface area contributed by atoms with Gasteiger partial charge in [-0.05, 0) is 37.8 Å². The molecule has 0 unspecified atom stereocenters. The van der Waals surface area contributed by atoms with Gasteiger partial charge >= 0.3 is 0 Å². The van der Waals surface area contributed by atoms with Gasteiger partial charge in [0, 0.05) is 12.5 Å². The minimum Gasteiger partial charge on any atom is -0.485 e. The molecule has 1 aliphatic carbocycles. The molecule has 1 amide bonds. The van der Waals surface area contributed by atoms with Crippen molar-refractivity contribution in [3.05, 3.63) is 36.0 Å². The first-order valence-corrected chi connectivity index (χ1v) is 8.82. The Hall–Kier alpha value is -2.57. The Morgan fingerprint density at radius 1 is 1.16 bits per heavy atom. The fourth-order valence-corrected chi connectivity index (χ4v) is 3.50. The largest absolute Gasteiger partial charge is 0.485 e. The molecule has 3 heterocycles. The van der Waals surface area contributed by atoms with Crippen molar-refractivity contribution in [3.63, 3.8) is 0 Å². The Kier molecular flexibility index (Phi) is 3.39. The van der Waals surface area contributed by atoms with E-state index in [4.69, 9.17) is 14.0 Å². The Balaban J connectivity index is 1.34. The number of likely N-dealkylation sites (tertiary alicyclic amines) is 1. The predicted octanol–water partition coefficient (Wildman–Crippen LogP) is 2.45. The van der Waals surface area contributed by atoms with E-state index in [1.54, 1.807) is 0 Å². The summed E-state index contributed by atoms with van der Waals surface area (Å²) in [5, 5.41) is 4.12. The van der Waals surface area contributed by atoms with E-state index in [9.17, 15) is 4.79 Å². The summed E-state index contributed by atoms with van der Waals surface area (Å²) in [6.07, 6.45) is 3.36. The molecule has 1 aromatic carbocycles. The van der Waals surface area contributed by atoms with E-state index in [1.165, 1.54) is 0 Å². The average molecular weight is 341 g/mol. The minimum atomic E-state index is -0.634. The van der Waals surface area contributed by atoms with E-state index in [0.29, 0.717) is 35.7 Å². The molecule has 7 heteroatoms. The number of aromatic nitrogens is 2. The molecule has 1 saturated heterocycles. The van der Waals surface area contributed by atoms with Crippen LogP contribution in [-0.4, -0.2) is 40.2 Å². The van der Waals surface area contributed by atoms with Crippen LogP contribution in [0, 0.1) is 0 Å². The normalized spacial score (nSPS) is 25.2. The highest BCUT2D eigenvalue weighted by molar-refractivity contribution is 5.82. The number of carbonyl (C=O) groups is 1. The van der Waals surface area contributed by atoms with Gasteiger partial charge in [-0.1, -0.05) is 17.3 Å². The first kappa shape index (κ1) is 14.7. The number of rotatable bonds is 3. The number of ether oxygens (including phenoxy) is 2. The second-order valence-corrected chi connectivity index (χ2v) is 6.82. The van der Waals surface area contributed by atoms with Gasteiger partial charge in [-0.3, -0.25) is 4.79 Å². The molecule has 3 aliphatic rings. The lowest BCUT2D eigenvalue weighted by Gasteiger charge is -2.30. The van der Waals surface area contributed by atoms with Crippen LogP contribution in [0.1, 0.15) is 49.4 Å². The Morgan fingerprint density at radius 2 is 2.00 bits per heavy atom. The van der Waals surface area contributed by atoms with Gasteiger partial charge in [-0.25, -0.2) is 0 Å². The number of carbonyl (C=O) groups excluding carboxylic acids is 1. The van der Waals surface area contributed by atoms with E-state index in [0.717, 1.165) is 25.7 Å². The van der Waals surface area contributed by atoms with E-state index in [2.05, 4.69) is 10.1 Å². The summed E-state index contributed by atoms with van der Waals surface area (Å²) in [6, 6.07) is 7.27. The Bertz CT molecular complexity index is 801. The van der Waals surface area contributed by atoms with Crippen LogP contribution in [0.15, 0.2) is 28.8 Å². The van der Waals surface area contributed by atoms with Crippen molar-refractivity contribution in [2.45, 2.75) is 43.7 Å². The summed E-state index contributed by atoms with van der Waals surface area (Å²) in [7, 11) is 0. The van der Waals surface area contributed by atoms with Gasteiger partial charge in [0.25, 0.3) is 5.91 Å². The van der Waals surface area contributed by atoms with Crippen LogP contribution in [0.25, 0.3) is 0 Å². The van der Waals surface area contributed by atoms with E-state index >= 15 is 0 Å². The minimum absolute atomic E-state index is 0.0743. The standard InChI is InChI=1S/C18H19N3O4/c22-18(15-10-23-13-5-1-2-6-14(13)24-15)21-9-3-4-12(21)16-19-17(25-20-16)11-7-8-11/h1-2,5-6,11-12,15H,3-4,7-10H2/t12-,15+/m0/s1. The van der Waals surface area contributed by atoms with Crippen LogP contribution in [-0.2, 0) is 4.79 Å². The quantitative estimate of drug-likeness (QED) is 0.853. The molecular weight excluding hydrogens is 322 g/mol. The molecule has 7 nitrogen and oxygen atoms in total. The molecule has 5 rings (SSSR count). The number of nitrogens with zero attached hydrogens (tertiary/aromatic N) is 3. The summed E-state index contributed by atoms with van der Waals surface area (Å²) in [5.41, 5.74) is 0. The highest BCUT2D eigenvalue weighted by Gasteiger charge is 2.40. The molecule has 130 valence electrons. The lowest BCUT2D eigenvalue weighted by molar-refractivity contribution is -0.142. The predicted molar refractivity (Wildman–Crippen MR) is 86.3 cm³/mol. The van der Waals surface area contributed by atoms with Crippen molar-refractivity contribution in [2.24, 2.45) is 0 Å². The highest BCUT2D eigenvalue weighted by atomic mass is 16.6. The van der Waals surface area contributed by atoms with Gasteiger partial charge in [-0.2, -0.15) is 4.98 Å². The van der Waals surface area contributed by atoms with Crippen LogP contribution < -0.4 is 9.47 Å². The number of para-hydroxylation sites is 2. The number of hydrogen-bond acceptors (Lipinski definition) is 6. The third-order valence-electron chi connectivity index (χ3n) is 5.00. The highest BCUT2D eigenvalue weighted by Crippen LogP contribution is 2.40. The number of fused-ring (bicyclic) bond motifs is 1. The molecule has 2 aliphatic heterocycles. The van der Waals surface area contributed by atoms with Gasteiger partial charge in [0.15, 0.2) is 17.3 Å². The van der Waals surface area contributed by atoms with E-state index in [1.807, 2.05) is 29.2 Å². The zero-order chi connectivity index (χ0) is 16.8. The fraction of sp³-hybridized carbons (Fsp3) is 0.500. The van der Waals surface area contributed by atoms with Crippen LogP contribution in [0.3, 0.4) is 0 Å². The molecule has 1 saturated carbocycles. The summed E-state index contributed by atoms with van der Waals surface area (Å²) >= 11 is 0. The number of benzene rings is 1. The van der Waals surface area contributed by atoms with Gasteiger partial charge in [-0.15, -0.1) is 0 Å². The monoisotopic (exact) mass is 341 g/mol. The molecule has 25 heavy (non-hydrogen) atoms. The van der Waals surface area contributed by atoms with Crippen molar-refractivity contribution < 1.29 is 18.8 Å². The Morgan fingerprint density at radius 3 is 2.84 bits per heavy atom. The molecular formula is C18H19N3O4. The molecule has 1 aromatic heterocycles. The summed E-state index contributed by atoms with van der Waals surface area (Å²) in [5.74, 6) is 2.95. The molecule has 0 radical (unpaired) electrons. The topological polar surface area (TPSA) is 77.7 Å². The molecule has 2 atom stereocenters. The van der Waals surface area contributed by atoms with E-state index < -0.39 is 6.10 Å². The van der Waals surface area contributed by atoms with E-state index in [-0.39, 0.29) is 18.6 Å². The summed E-state index contributed by atoms with van der Waals surface area (Å²) < 4.78 is 16.9. The van der Waals surface area contributed by atoms with Crippen LogP contribution >= 0.6 is 0 Å². The maximum atomic E-state index is 13.0. The molecule has 0 spiro atoms. The first-order chi connectivity index (χ1) is 12.3. The number of hydrogen-bond donors (Lipinski definition) is 0. The lowest BCUT2D eigenvalue weighted by atomic mass is 10.2. The van der Waals surface area contributed by atoms with Crippen LogP contribution in [0.2, 0.25) is 0 Å². The third kappa shape index (κ3) is 2.63. The van der Waals surface area contributed by atoms with Crippen molar-refractivity contribution in [2.75, 3.05) is 13.2 Å². The van der Waals surface area contributed by atoms with Gasteiger partial charge in [0.1, 0.15) is 6.61 Å². The molecule has 0 N–H and O–H groups in total. The lowest BCUT2D eigenvalue weighted by Crippen LogP contribution is -2.46. The number of amides is 1. The zero-order valence-corrected chi connectivity index (χ0v) is 13.8. The summed E-state index contributed by atoms with van der Waals surface area (Å²) in [6.45, 7) is 0.900. The fourth-order valence-electron chi connectivity index (χ4n) is 3.50. The van der Waals surface area contributed by atoms with Crippen molar-refractivity contribution in [1.82, 2.24) is 15.0 Å². The maximum absolute atomic E-state index is 13.0. The zero-order valence-electron chi connectivity index (χ0n) is 13.8. The summed E-state index contributed by atoms with van der Waals surface area (Å²) in [4.78, 5) is 19.3. The van der Waals surface area contributed by atoms with Gasteiger partial charge in [0.05, 0.1) is 6.04 Å². The van der Waals surface area contributed by atoms with Crippen molar-refractivity contribution in [1.29, 1.82) is 0 Å². The van der Waals surface area contributed by atoms with Crippen molar-refractivity contribution in [3.8, 4) is 11.5 Å². The smallest absolute Gasteiger partial charge is 0.267 e. The van der Waals surface area contributed by atoms with Crippen molar-refractivity contribution >= 4 is 5.91 Å².